The van der Waals surface area contributed by atoms with Gasteiger partial charge in [0.05, 0.1) is 19.3 Å². The number of aliphatic hydroxyl groups is 1. The molecule has 134 valence electrons. The summed E-state index contributed by atoms with van der Waals surface area (Å²) in [5.41, 5.74) is 6.94. The highest BCUT2D eigenvalue weighted by Crippen LogP contribution is 2.32. The third kappa shape index (κ3) is 5.69. The molecule has 5 nitrogen and oxygen atoms in total. The maximum Gasteiger partial charge on any atom is 0.156 e. The Bertz CT molecular complexity index is 536. The molecule has 1 saturated heterocycles. The molecule has 1 heterocycles. The van der Waals surface area contributed by atoms with Crippen LogP contribution in [-0.2, 0) is 11.2 Å². The lowest BCUT2D eigenvalue weighted by Crippen LogP contribution is -2.38. The summed E-state index contributed by atoms with van der Waals surface area (Å²) in [4.78, 5) is 3.95. The number of benzene rings is 1. The Morgan fingerprint density at radius 2 is 2.12 bits per heavy atom. The van der Waals surface area contributed by atoms with Gasteiger partial charge in [0.2, 0.25) is 0 Å². The lowest BCUT2D eigenvalue weighted by atomic mass is 9.90. The molecule has 0 radical (unpaired) electrons. The number of aliphatic imine (C=N–C) groups is 1. The lowest BCUT2D eigenvalue weighted by molar-refractivity contribution is -0.0813. The number of amidine groups is 1. The van der Waals surface area contributed by atoms with Crippen LogP contribution in [0.15, 0.2) is 29.3 Å². The Hall–Kier alpha value is -1.24. The highest BCUT2D eigenvalue weighted by atomic mass is 32.2. The van der Waals surface area contributed by atoms with Gasteiger partial charge in [-0.3, -0.25) is 4.99 Å². The number of hydrogen-bond acceptors (Lipinski definition) is 5. The van der Waals surface area contributed by atoms with Crippen molar-refractivity contribution in [2.75, 3.05) is 14.2 Å². The summed E-state index contributed by atoms with van der Waals surface area (Å²) in [6.45, 7) is 2.19. The molecule has 4 atom stereocenters. The predicted octanol–water partition coefficient (Wildman–Crippen LogP) is 2.81. The smallest absolute Gasteiger partial charge is 0.156 e. The maximum absolute atomic E-state index is 10.1. The first-order valence-electron chi connectivity index (χ1n) is 8.37. The first-order chi connectivity index (χ1) is 11.5. The number of aryl methyl sites for hydroxylation is 1. The zero-order valence-corrected chi connectivity index (χ0v) is 15.5. The van der Waals surface area contributed by atoms with Gasteiger partial charge in [-0.05, 0) is 42.9 Å². The third-order valence-electron chi connectivity index (χ3n) is 4.45. The van der Waals surface area contributed by atoms with E-state index in [4.69, 9.17) is 15.2 Å². The quantitative estimate of drug-likeness (QED) is 0.608. The van der Waals surface area contributed by atoms with Crippen LogP contribution in [0.1, 0.15) is 31.7 Å². The molecule has 2 rings (SSSR count). The number of rotatable bonds is 6. The van der Waals surface area contributed by atoms with Gasteiger partial charge in [-0.15, -0.1) is 0 Å². The van der Waals surface area contributed by atoms with Gasteiger partial charge < -0.3 is 20.3 Å². The van der Waals surface area contributed by atoms with Gasteiger partial charge in [-0.2, -0.15) is 0 Å². The first kappa shape index (κ1) is 19.1. The molecule has 0 aliphatic carbocycles. The van der Waals surface area contributed by atoms with Crippen LogP contribution in [0.3, 0.4) is 0 Å². The molecule has 0 bridgehead atoms. The van der Waals surface area contributed by atoms with Gasteiger partial charge in [0.15, 0.2) is 5.17 Å². The minimum absolute atomic E-state index is 0.0501. The van der Waals surface area contributed by atoms with E-state index < -0.39 is 0 Å². The highest BCUT2D eigenvalue weighted by Gasteiger charge is 2.32. The van der Waals surface area contributed by atoms with E-state index in [1.807, 2.05) is 12.1 Å². The second-order valence-electron chi connectivity index (χ2n) is 6.27. The average molecular weight is 353 g/mol. The zero-order chi connectivity index (χ0) is 17.5. The third-order valence-corrected chi connectivity index (χ3v) is 5.44. The van der Waals surface area contributed by atoms with Gasteiger partial charge in [0.25, 0.3) is 0 Å². The molecular weight excluding hydrogens is 324 g/mol. The average Bonchev–Trinajstić information content (AvgIpc) is 2.59. The van der Waals surface area contributed by atoms with Gasteiger partial charge >= 0.3 is 0 Å². The highest BCUT2D eigenvalue weighted by molar-refractivity contribution is 8.14. The molecule has 0 amide bonds. The van der Waals surface area contributed by atoms with E-state index in [1.54, 1.807) is 14.2 Å². The van der Waals surface area contributed by atoms with E-state index in [2.05, 4.69) is 24.0 Å². The Morgan fingerprint density at radius 1 is 1.42 bits per heavy atom. The van der Waals surface area contributed by atoms with E-state index in [1.165, 1.54) is 17.3 Å². The molecule has 2 unspecified atom stereocenters. The van der Waals surface area contributed by atoms with Crippen LogP contribution >= 0.6 is 11.8 Å². The van der Waals surface area contributed by atoms with Crippen LogP contribution < -0.4 is 10.5 Å². The van der Waals surface area contributed by atoms with Gasteiger partial charge in [-0.1, -0.05) is 30.8 Å². The summed E-state index contributed by atoms with van der Waals surface area (Å²) in [5.74, 6) is 1.24. The topological polar surface area (TPSA) is 77.1 Å². The van der Waals surface area contributed by atoms with Crippen LogP contribution in [0.4, 0.5) is 0 Å². The van der Waals surface area contributed by atoms with Crippen LogP contribution in [0, 0.1) is 5.92 Å². The van der Waals surface area contributed by atoms with Crippen molar-refractivity contribution in [3.05, 3.63) is 29.8 Å². The van der Waals surface area contributed by atoms with Gasteiger partial charge in [0, 0.05) is 13.5 Å². The van der Waals surface area contributed by atoms with Crippen molar-refractivity contribution >= 4 is 16.9 Å². The van der Waals surface area contributed by atoms with Crippen molar-refractivity contribution in [2.24, 2.45) is 16.6 Å². The first-order valence-corrected chi connectivity index (χ1v) is 9.25. The lowest BCUT2D eigenvalue weighted by Gasteiger charge is -2.35. The molecule has 0 aromatic heterocycles. The van der Waals surface area contributed by atoms with Crippen molar-refractivity contribution < 1.29 is 14.6 Å². The normalized spacial score (nSPS) is 26.2. The second kappa shape index (κ2) is 9.30. The van der Waals surface area contributed by atoms with Gasteiger partial charge in [0.1, 0.15) is 11.2 Å². The summed E-state index contributed by atoms with van der Waals surface area (Å²) in [6.07, 6.45) is 2.99. The van der Waals surface area contributed by atoms with Crippen LogP contribution in [0.25, 0.3) is 0 Å². The van der Waals surface area contributed by atoms with Crippen molar-refractivity contribution in [3.8, 4) is 5.75 Å². The minimum Gasteiger partial charge on any atom is -0.497 e. The Balaban J connectivity index is 1.86. The SMILES string of the molecule is CN=C(N)SC1C[C@@H](O)CC([C@@H](C)CCc2ccc(OC)cc2)O1. The van der Waals surface area contributed by atoms with E-state index >= 15 is 0 Å². The van der Waals surface area contributed by atoms with Crippen molar-refractivity contribution in [1.29, 1.82) is 0 Å². The number of aliphatic hydroxyl groups excluding tert-OH is 1. The van der Waals surface area contributed by atoms with Crippen LogP contribution in [0.5, 0.6) is 5.75 Å². The zero-order valence-electron chi connectivity index (χ0n) is 14.6. The number of hydrogen-bond donors (Lipinski definition) is 2. The predicted molar refractivity (Wildman–Crippen MR) is 99.5 cm³/mol. The fourth-order valence-corrected chi connectivity index (χ4v) is 3.79. The standard InChI is InChI=1S/C18H28N2O3S/c1-12(4-5-13-6-8-15(22-3)9-7-13)16-10-14(21)11-17(23-16)24-18(19)20-2/h6-9,12,14,16-17,21H,4-5,10-11H2,1-3H3,(H2,19,20)/t12-,14-,16?,17?/m0/s1. The fourth-order valence-electron chi connectivity index (χ4n) is 2.89. The maximum atomic E-state index is 10.1. The molecule has 0 saturated carbocycles. The Kier molecular flexibility index (Phi) is 7.40. The monoisotopic (exact) mass is 352 g/mol. The van der Waals surface area contributed by atoms with Gasteiger partial charge in [-0.25, -0.2) is 0 Å². The number of nitrogens with two attached hydrogens (primary N) is 1. The number of ether oxygens (including phenoxy) is 2. The number of thioether (sulfide) groups is 1. The van der Waals surface area contributed by atoms with E-state index in [-0.39, 0.29) is 17.6 Å². The molecule has 1 fully saturated rings. The molecule has 1 aromatic rings. The number of nitrogens with zero attached hydrogens (tertiary/aromatic N) is 1. The minimum atomic E-state index is -0.339. The Labute approximate surface area is 148 Å². The Morgan fingerprint density at radius 3 is 2.75 bits per heavy atom. The van der Waals surface area contributed by atoms with E-state index in [0.717, 1.165) is 18.6 Å². The van der Waals surface area contributed by atoms with Crippen molar-refractivity contribution in [3.63, 3.8) is 0 Å². The molecular formula is C18H28N2O3S. The largest absolute Gasteiger partial charge is 0.497 e. The number of methoxy groups -OCH3 is 1. The van der Waals surface area contributed by atoms with Crippen molar-refractivity contribution in [1.82, 2.24) is 0 Å². The summed E-state index contributed by atoms with van der Waals surface area (Å²) >= 11 is 1.40. The van der Waals surface area contributed by atoms with Crippen LogP contribution in [-0.4, -0.2) is 42.1 Å². The second-order valence-corrected chi connectivity index (χ2v) is 7.45. The molecule has 6 heteroatoms. The molecule has 1 aliphatic rings. The fraction of sp³-hybridized carbons (Fsp3) is 0.611. The molecule has 3 N–H and O–H groups in total. The summed E-state index contributed by atoms with van der Waals surface area (Å²) in [5, 5.41) is 10.6. The van der Waals surface area contributed by atoms with E-state index in [0.29, 0.717) is 23.9 Å². The molecule has 1 aromatic carbocycles. The molecule has 1 aliphatic heterocycles. The summed E-state index contributed by atoms with van der Waals surface area (Å²) in [6, 6.07) is 8.17. The summed E-state index contributed by atoms with van der Waals surface area (Å²) < 4.78 is 11.3. The molecule has 24 heavy (non-hydrogen) atoms. The van der Waals surface area contributed by atoms with Crippen molar-refractivity contribution in [2.45, 2.75) is 50.3 Å². The van der Waals surface area contributed by atoms with Crippen LogP contribution in [0.2, 0.25) is 0 Å². The van der Waals surface area contributed by atoms with E-state index in [9.17, 15) is 5.11 Å². The molecule has 0 spiro atoms. The summed E-state index contributed by atoms with van der Waals surface area (Å²) in [7, 11) is 3.34.